The van der Waals surface area contributed by atoms with Crippen molar-refractivity contribution in [3.63, 3.8) is 0 Å². The zero-order valence-electron chi connectivity index (χ0n) is 10.2. The summed E-state index contributed by atoms with van der Waals surface area (Å²) in [5, 5.41) is 3.07. The van der Waals surface area contributed by atoms with Crippen molar-refractivity contribution in [2.45, 2.75) is 25.8 Å². The lowest BCUT2D eigenvalue weighted by Crippen LogP contribution is -2.35. The summed E-state index contributed by atoms with van der Waals surface area (Å²) in [5.74, 6) is 0.277. The first-order valence-corrected chi connectivity index (χ1v) is 6.20. The van der Waals surface area contributed by atoms with Crippen LogP contribution in [0.15, 0.2) is 30.3 Å². The highest BCUT2D eigenvalue weighted by atomic mass is 16.5. The molecule has 1 aliphatic heterocycles. The third kappa shape index (κ3) is 3.30. The van der Waals surface area contributed by atoms with E-state index < -0.39 is 0 Å². The van der Waals surface area contributed by atoms with Crippen LogP contribution in [-0.4, -0.2) is 19.1 Å². The fourth-order valence-corrected chi connectivity index (χ4v) is 2.12. The Bertz CT molecular complexity index is 358. The van der Waals surface area contributed by atoms with Crippen molar-refractivity contribution in [3.8, 4) is 0 Å². The number of rotatable bonds is 3. The third-order valence-corrected chi connectivity index (χ3v) is 3.25. The van der Waals surface area contributed by atoms with E-state index in [1.165, 1.54) is 0 Å². The largest absolute Gasteiger partial charge is 0.381 e. The van der Waals surface area contributed by atoms with E-state index in [1.54, 1.807) is 0 Å². The number of nitrogens with one attached hydrogen (secondary N) is 1. The maximum atomic E-state index is 12.0. The number of amides is 1. The van der Waals surface area contributed by atoms with Gasteiger partial charge in [-0.05, 0) is 25.3 Å². The fourth-order valence-electron chi connectivity index (χ4n) is 2.12. The molecule has 92 valence electrons. The van der Waals surface area contributed by atoms with Gasteiger partial charge in [0.15, 0.2) is 0 Å². The van der Waals surface area contributed by atoms with Crippen molar-refractivity contribution in [1.29, 1.82) is 0 Å². The van der Waals surface area contributed by atoms with Gasteiger partial charge < -0.3 is 10.1 Å². The lowest BCUT2D eigenvalue weighted by atomic mass is 9.98. The summed E-state index contributed by atoms with van der Waals surface area (Å²) in [7, 11) is 0. The minimum atomic E-state index is 0.0755. The van der Waals surface area contributed by atoms with Crippen LogP contribution in [0.3, 0.4) is 0 Å². The molecule has 0 aliphatic carbocycles. The molecule has 1 heterocycles. The van der Waals surface area contributed by atoms with Gasteiger partial charge in [0.2, 0.25) is 5.91 Å². The van der Waals surface area contributed by atoms with E-state index in [9.17, 15) is 4.79 Å². The first kappa shape index (κ1) is 12.1. The van der Waals surface area contributed by atoms with Gasteiger partial charge in [-0.3, -0.25) is 4.79 Å². The van der Waals surface area contributed by atoms with Crippen LogP contribution in [0.25, 0.3) is 0 Å². The summed E-state index contributed by atoms with van der Waals surface area (Å²) in [6.45, 7) is 3.43. The molecule has 2 rings (SSSR count). The summed E-state index contributed by atoms with van der Waals surface area (Å²) >= 11 is 0. The third-order valence-electron chi connectivity index (χ3n) is 3.25. The molecule has 0 spiro atoms. The highest BCUT2D eigenvalue weighted by Gasteiger charge is 2.22. The number of carbonyl (C=O) groups excluding carboxylic acids is 1. The predicted octanol–water partition coefficient (Wildman–Crippen LogP) is 2.29. The molecule has 0 radical (unpaired) electrons. The van der Waals surface area contributed by atoms with E-state index in [-0.39, 0.29) is 17.9 Å². The Kier molecular flexibility index (Phi) is 4.15. The number of ether oxygens (including phenoxy) is 1. The highest BCUT2D eigenvalue weighted by molar-refractivity contribution is 5.79. The maximum absolute atomic E-state index is 12.0. The molecule has 1 aromatic rings. The summed E-state index contributed by atoms with van der Waals surface area (Å²) in [4.78, 5) is 12.0. The average Bonchev–Trinajstić information content (AvgIpc) is 2.40. The Hall–Kier alpha value is -1.35. The Morgan fingerprint density at radius 3 is 2.59 bits per heavy atom. The Balaban J connectivity index is 1.89. The van der Waals surface area contributed by atoms with E-state index in [2.05, 4.69) is 5.32 Å². The Morgan fingerprint density at radius 1 is 1.29 bits per heavy atom. The molecule has 17 heavy (non-hydrogen) atoms. The van der Waals surface area contributed by atoms with Gasteiger partial charge in [-0.1, -0.05) is 30.3 Å². The summed E-state index contributed by atoms with van der Waals surface area (Å²) < 4.78 is 5.26. The van der Waals surface area contributed by atoms with Crippen molar-refractivity contribution in [2.24, 2.45) is 5.92 Å². The lowest BCUT2D eigenvalue weighted by molar-refractivity contribution is -0.128. The van der Waals surface area contributed by atoms with E-state index >= 15 is 0 Å². The van der Waals surface area contributed by atoms with Crippen molar-refractivity contribution < 1.29 is 9.53 Å². The molecule has 1 N–H and O–H groups in total. The second-order valence-corrected chi connectivity index (χ2v) is 4.53. The summed E-state index contributed by atoms with van der Waals surface area (Å²) in [5.41, 5.74) is 1.15. The van der Waals surface area contributed by atoms with Crippen molar-refractivity contribution >= 4 is 5.91 Å². The van der Waals surface area contributed by atoms with Gasteiger partial charge in [-0.2, -0.15) is 0 Å². The molecule has 1 saturated heterocycles. The second-order valence-electron chi connectivity index (χ2n) is 4.53. The monoisotopic (exact) mass is 233 g/mol. The van der Waals surface area contributed by atoms with Gasteiger partial charge in [-0.15, -0.1) is 0 Å². The molecule has 1 fully saturated rings. The first-order valence-electron chi connectivity index (χ1n) is 6.20. The standard InChI is InChI=1S/C14H19NO2/c1-11(12-5-3-2-4-6-12)15-14(16)13-7-9-17-10-8-13/h2-6,11,13H,7-10H2,1H3,(H,15,16). The fraction of sp³-hybridized carbons (Fsp3) is 0.500. The highest BCUT2D eigenvalue weighted by Crippen LogP contribution is 2.17. The minimum absolute atomic E-state index is 0.0755. The van der Waals surface area contributed by atoms with Crippen LogP contribution in [0.1, 0.15) is 31.4 Å². The molecule has 0 saturated carbocycles. The zero-order chi connectivity index (χ0) is 12.1. The molecular formula is C14H19NO2. The van der Waals surface area contributed by atoms with Crippen LogP contribution in [0, 0.1) is 5.92 Å². The zero-order valence-corrected chi connectivity index (χ0v) is 10.2. The number of hydrogen-bond acceptors (Lipinski definition) is 2. The topological polar surface area (TPSA) is 38.3 Å². The number of hydrogen-bond donors (Lipinski definition) is 1. The molecule has 1 amide bonds. The first-order chi connectivity index (χ1) is 8.27. The van der Waals surface area contributed by atoms with Gasteiger partial charge >= 0.3 is 0 Å². The van der Waals surface area contributed by atoms with Crippen LogP contribution in [0.2, 0.25) is 0 Å². The molecule has 3 heteroatoms. The van der Waals surface area contributed by atoms with Crippen LogP contribution in [0.5, 0.6) is 0 Å². The van der Waals surface area contributed by atoms with Gasteiger partial charge in [0.05, 0.1) is 6.04 Å². The van der Waals surface area contributed by atoms with Crippen LogP contribution >= 0.6 is 0 Å². The van der Waals surface area contributed by atoms with Crippen LogP contribution in [0.4, 0.5) is 0 Å². The van der Waals surface area contributed by atoms with E-state index in [1.807, 2.05) is 37.3 Å². The van der Waals surface area contributed by atoms with E-state index in [4.69, 9.17) is 4.74 Å². The lowest BCUT2D eigenvalue weighted by Gasteiger charge is -2.23. The van der Waals surface area contributed by atoms with E-state index in [0.29, 0.717) is 13.2 Å². The molecule has 3 nitrogen and oxygen atoms in total. The quantitative estimate of drug-likeness (QED) is 0.870. The van der Waals surface area contributed by atoms with Gasteiger partial charge in [-0.25, -0.2) is 0 Å². The summed E-state index contributed by atoms with van der Waals surface area (Å²) in [6, 6.07) is 10.1. The molecule has 1 unspecified atom stereocenters. The van der Waals surface area contributed by atoms with Crippen molar-refractivity contribution in [2.75, 3.05) is 13.2 Å². The number of carbonyl (C=O) groups is 1. The van der Waals surface area contributed by atoms with Crippen molar-refractivity contribution in [3.05, 3.63) is 35.9 Å². The normalized spacial score (nSPS) is 18.6. The van der Waals surface area contributed by atoms with Gasteiger partial charge in [0, 0.05) is 19.1 Å². The van der Waals surface area contributed by atoms with Crippen molar-refractivity contribution in [1.82, 2.24) is 5.32 Å². The van der Waals surface area contributed by atoms with E-state index in [0.717, 1.165) is 18.4 Å². The molecule has 1 aromatic carbocycles. The number of benzene rings is 1. The maximum Gasteiger partial charge on any atom is 0.223 e. The minimum Gasteiger partial charge on any atom is -0.381 e. The average molecular weight is 233 g/mol. The summed E-state index contributed by atoms with van der Waals surface area (Å²) in [6.07, 6.45) is 1.68. The second kappa shape index (κ2) is 5.82. The SMILES string of the molecule is CC(NC(=O)C1CCOCC1)c1ccccc1. The molecule has 1 aliphatic rings. The van der Waals surface area contributed by atoms with Gasteiger partial charge in [0.1, 0.15) is 0 Å². The van der Waals surface area contributed by atoms with Gasteiger partial charge in [0.25, 0.3) is 0 Å². The Labute approximate surface area is 102 Å². The molecule has 0 aromatic heterocycles. The predicted molar refractivity (Wildman–Crippen MR) is 66.5 cm³/mol. The molecular weight excluding hydrogens is 214 g/mol. The van der Waals surface area contributed by atoms with Crippen LogP contribution in [-0.2, 0) is 9.53 Å². The Morgan fingerprint density at radius 2 is 1.94 bits per heavy atom. The molecule has 1 atom stereocenters. The molecule has 0 bridgehead atoms. The van der Waals surface area contributed by atoms with Crippen LogP contribution < -0.4 is 5.32 Å². The smallest absolute Gasteiger partial charge is 0.223 e.